The highest BCUT2D eigenvalue weighted by Crippen LogP contribution is 2.28. The number of anilines is 1. The van der Waals surface area contributed by atoms with Crippen LogP contribution >= 0.6 is 0 Å². The van der Waals surface area contributed by atoms with E-state index in [2.05, 4.69) is 32.4 Å². The molecule has 2 aromatic heterocycles. The summed E-state index contributed by atoms with van der Waals surface area (Å²) in [5.41, 5.74) is 3.04. The zero-order chi connectivity index (χ0) is 17.3. The number of aromatic nitrogens is 2. The second-order valence-corrected chi connectivity index (χ2v) is 6.46. The first kappa shape index (κ1) is 15.3. The second-order valence-electron chi connectivity index (χ2n) is 6.46. The van der Waals surface area contributed by atoms with Gasteiger partial charge in [0.1, 0.15) is 11.8 Å². The fraction of sp³-hybridized carbons (Fsp3) is 0.250. The second kappa shape index (κ2) is 6.38. The summed E-state index contributed by atoms with van der Waals surface area (Å²) in [6.45, 7) is 2.05. The van der Waals surface area contributed by atoms with Crippen LogP contribution in [0.1, 0.15) is 17.7 Å². The van der Waals surface area contributed by atoms with Crippen LogP contribution in [-0.2, 0) is 11.3 Å². The van der Waals surface area contributed by atoms with Crippen LogP contribution in [-0.4, -0.2) is 35.1 Å². The summed E-state index contributed by atoms with van der Waals surface area (Å²) in [7, 11) is 0. The Bertz CT molecular complexity index is 996. The average molecular weight is 346 g/mol. The van der Waals surface area contributed by atoms with Gasteiger partial charge in [-0.1, -0.05) is 6.07 Å². The number of nitrogens with zero attached hydrogens (tertiary/aromatic N) is 3. The monoisotopic (exact) mass is 346 g/mol. The summed E-state index contributed by atoms with van der Waals surface area (Å²) in [5.74, 6) is 1.48. The molecule has 4 heterocycles. The number of nitrogens with one attached hydrogen (secondary N) is 1. The van der Waals surface area contributed by atoms with Crippen LogP contribution in [0.15, 0.2) is 53.8 Å². The first-order valence-electron chi connectivity index (χ1n) is 8.76. The molecule has 1 fully saturated rings. The maximum Gasteiger partial charge on any atom is 0.221 e. The van der Waals surface area contributed by atoms with Crippen molar-refractivity contribution in [2.75, 3.05) is 18.5 Å². The van der Waals surface area contributed by atoms with Crippen molar-refractivity contribution in [2.45, 2.75) is 19.1 Å². The van der Waals surface area contributed by atoms with Crippen molar-refractivity contribution in [3.8, 4) is 5.88 Å². The highest BCUT2D eigenvalue weighted by atomic mass is 16.5. The highest BCUT2D eigenvalue weighted by Gasteiger charge is 2.19. The molecule has 0 aliphatic carbocycles. The molecule has 0 radical (unpaired) electrons. The van der Waals surface area contributed by atoms with Gasteiger partial charge in [0.15, 0.2) is 5.84 Å². The first-order valence-corrected chi connectivity index (χ1v) is 8.76. The summed E-state index contributed by atoms with van der Waals surface area (Å²) in [4.78, 5) is 13.4. The molecule has 0 bridgehead atoms. The number of hydrogen-bond donors (Lipinski definition) is 1. The van der Waals surface area contributed by atoms with Gasteiger partial charge in [-0.25, -0.2) is 4.98 Å². The van der Waals surface area contributed by atoms with Crippen LogP contribution in [0.2, 0.25) is 0 Å². The fourth-order valence-corrected chi connectivity index (χ4v) is 3.34. The molecule has 26 heavy (non-hydrogen) atoms. The van der Waals surface area contributed by atoms with Crippen molar-refractivity contribution >= 4 is 22.3 Å². The minimum atomic E-state index is 0.0846. The van der Waals surface area contributed by atoms with Gasteiger partial charge >= 0.3 is 0 Å². The summed E-state index contributed by atoms with van der Waals surface area (Å²) in [6, 6.07) is 12.1. The van der Waals surface area contributed by atoms with Crippen LogP contribution in [0.25, 0.3) is 10.8 Å². The third kappa shape index (κ3) is 2.78. The number of rotatable bonds is 3. The van der Waals surface area contributed by atoms with Gasteiger partial charge in [0, 0.05) is 35.5 Å². The lowest BCUT2D eigenvalue weighted by Gasteiger charge is -2.13. The maximum absolute atomic E-state index is 6.02. The van der Waals surface area contributed by atoms with E-state index < -0.39 is 0 Å². The van der Waals surface area contributed by atoms with Gasteiger partial charge in [0.05, 0.1) is 19.8 Å². The highest BCUT2D eigenvalue weighted by molar-refractivity contribution is 6.10. The van der Waals surface area contributed by atoms with E-state index in [9.17, 15) is 0 Å². The normalized spacial score (nSPS) is 18.6. The lowest BCUT2D eigenvalue weighted by molar-refractivity contribution is 0.139. The van der Waals surface area contributed by atoms with Crippen LogP contribution in [0.4, 0.5) is 5.69 Å². The molecule has 6 heteroatoms. The molecule has 0 unspecified atom stereocenters. The SMILES string of the molecule is c1cnc2c(c1)CN=C2Nc1ccc2c(O[C@@H]3CCOC3)nccc2c1. The van der Waals surface area contributed by atoms with Crippen LogP contribution < -0.4 is 10.1 Å². The van der Waals surface area contributed by atoms with E-state index in [-0.39, 0.29) is 6.10 Å². The van der Waals surface area contributed by atoms with E-state index in [1.807, 2.05) is 24.3 Å². The van der Waals surface area contributed by atoms with E-state index >= 15 is 0 Å². The lowest BCUT2D eigenvalue weighted by atomic mass is 10.1. The molecule has 0 amide bonds. The smallest absolute Gasteiger partial charge is 0.221 e. The Morgan fingerprint density at radius 3 is 3.04 bits per heavy atom. The molecule has 0 saturated carbocycles. The molecule has 1 atom stereocenters. The summed E-state index contributed by atoms with van der Waals surface area (Å²) >= 11 is 0. The summed E-state index contributed by atoms with van der Waals surface area (Å²) in [6.07, 6.45) is 4.57. The summed E-state index contributed by atoms with van der Waals surface area (Å²) < 4.78 is 11.4. The molecule has 2 aliphatic rings. The molecular weight excluding hydrogens is 328 g/mol. The fourth-order valence-electron chi connectivity index (χ4n) is 3.34. The van der Waals surface area contributed by atoms with Crippen molar-refractivity contribution in [1.82, 2.24) is 9.97 Å². The third-order valence-corrected chi connectivity index (χ3v) is 4.68. The topological polar surface area (TPSA) is 68.6 Å². The van der Waals surface area contributed by atoms with Gasteiger partial charge in [0.25, 0.3) is 0 Å². The average Bonchev–Trinajstić information content (AvgIpc) is 3.32. The van der Waals surface area contributed by atoms with Crippen LogP contribution in [0.5, 0.6) is 5.88 Å². The zero-order valence-electron chi connectivity index (χ0n) is 14.2. The largest absolute Gasteiger partial charge is 0.471 e. The van der Waals surface area contributed by atoms with Gasteiger partial charge in [-0.15, -0.1) is 0 Å². The molecule has 6 nitrogen and oxygen atoms in total. The van der Waals surface area contributed by atoms with E-state index in [0.717, 1.165) is 46.6 Å². The number of fused-ring (bicyclic) bond motifs is 2. The van der Waals surface area contributed by atoms with Crippen LogP contribution in [0, 0.1) is 0 Å². The van der Waals surface area contributed by atoms with Gasteiger partial charge in [-0.05, 0) is 35.7 Å². The van der Waals surface area contributed by atoms with E-state index in [1.54, 1.807) is 12.4 Å². The first-order chi connectivity index (χ1) is 12.9. The van der Waals surface area contributed by atoms with Gasteiger partial charge in [0.2, 0.25) is 5.88 Å². The minimum absolute atomic E-state index is 0.0846. The number of ether oxygens (including phenoxy) is 2. The Kier molecular flexibility index (Phi) is 3.75. The molecular formula is C20H18N4O2. The Balaban J connectivity index is 1.42. The number of benzene rings is 1. The van der Waals surface area contributed by atoms with Crippen molar-refractivity contribution in [3.05, 3.63) is 60.0 Å². The Morgan fingerprint density at radius 2 is 2.12 bits per heavy atom. The number of hydrogen-bond acceptors (Lipinski definition) is 6. The lowest BCUT2D eigenvalue weighted by Crippen LogP contribution is -2.16. The van der Waals surface area contributed by atoms with Gasteiger partial charge < -0.3 is 14.8 Å². The molecule has 1 saturated heterocycles. The molecule has 3 aromatic rings. The molecule has 1 aromatic carbocycles. The van der Waals surface area contributed by atoms with E-state index in [0.29, 0.717) is 19.0 Å². The number of pyridine rings is 2. The summed E-state index contributed by atoms with van der Waals surface area (Å²) in [5, 5.41) is 5.45. The minimum Gasteiger partial charge on any atom is -0.471 e. The number of aliphatic imine (C=N–C) groups is 1. The van der Waals surface area contributed by atoms with Crippen LogP contribution in [0.3, 0.4) is 0 Å². The van der Waals surface area contributed by atoms with Crippen molar-refractivity contribution in [2.24, 2.45) is 4.99 Å². The standard InChI is InChI=1S/C20H18N4O2/c1-2-14-11-23-19(18(14)21-7-1)24-15-3-4-17-13(10-15)5-8-22-20(17)26-16-6-9-25-12-16/h1-5,7-8,10,16H,6,9,11-12H2,(H,23,24)/t16-/m1/s1. The third-order valence-electron chi connectivity index (χ3n) is 4.68. The molecule has 2 aliphatic heterocycles. The molecule has 5 rings (SSSR count). The Morgan fingerprint density at radius 1 is 1.12 bits per heavy atom. The quantitative estimate of drug-likeness (QED) is 0.789. The van der Waals surface area contributed by atoms with E-state index in [1.165, 1.54) is 0 Å². The Labute approximate surface area is 150 Å². The van der Waals surface area contributed by atoms with Crippen molar-refractivity contribution in [3.63, 3.8) is 0 Å². The Hall–Kier alpha value is -2.99. The van der Waals surface area contributed by atoms with Gasteiger partial charge in [-0.2, -0.15) is 0 Å². The molecule has 0 spiro atoms. The van der Waals surface area contributed by atoms with Crippen molar-refractivity contribution < 1.29 is 9.47 Å². The van der Waals surface area contributed by atoms with E-state index in [4.69, 9.17) is 9.47 Å². The molecule has 130 valence electrons. The zero-order valence-corrected chi connectivity index (χ0v) is 14.2. The maximum atomic E-state index is 6.02. The number of amidine groups is 1. The predicted octanol–water partition coefficient (Wildman–Crippen LogP) is 3.17. The molecule has 1 N–H and O–H groups in total. The van der Waals surface area contributed by atoms with Crippen molar-refractivity contribution in [1.29, 1.82) is 0 Å². The predicted molar refractivity (Wildman–Crippen MR) is 99.7 cm³/mol. The van der Waals surface area contributed by atoms with Gasteiger partial charge in [-0.3, -0.25) is 9.98 Å².